The molecular formula is C34H36F5N3O4S. The first-order chi connectivity index (χ1) is 22.1. The molecule has 47 heavy (non-hydrogen) atoms. The summed E-state index contributed by atoms with van der Waals surface area (Å²) in [6.07, 6.45) is -7.58. The van der Waals surface area contributed by atoms with E-state index in [4.69, 9.17) is 10.5 Å². The molecule has 0 unspecified atom stereocenters. The molecule has 0 aromatic heterocycles. The zero-order chi connectivity index (χ0) is 34.6. The molecule has 13 heteroatoms. The normalized spacial score (nSPS) is 18.0. The summed E-state index contributed by atoms with van der Waals surface area (Å²) in [5.41, 5.74) is 7.20. The van der Waals surface area contributed by atoms with E-state index in [9.17, 15) is 40.4 Å². The lowest BCUT2D eigenvalue weighted by Gasteiger charge is -2.42. The number of hydrogen-bond acceptors (Lipinski definition) is 6. The Balaban J connectivity index is 1.77. The van der Waals surface area contributed by atoms with Crippen LogP contribution in [-0.2, 0) is 20.8 Å². The largest absolute Gasteiger partial charge is 0.416 e. The first-order valence-corrected chi connectivity index (χ1v) is 16.8. The van der Waals surface area contributed by atoms with Gasteiger partial charge in [-0.3, -0.25) is 4.79 Å². The van der Waals surface area contributed by atoms with Crippen molar-refractivity contribution in [3.8, 4) is 6.07 Å². The highest BCUT2D eigenvalue weighted by atomic mass is 32.2. The summed E-state index contributed by atoms with van der Waals surface area (Å²) in [5.74, 6) is -1.80. The van der Waals surface area contributed by atoms with Gasteiger partial charge in [-0.1, -0.05) is 38.1 Å². The highest BCUT2D eigenvalue weighted by Gasteiger charge is 2.35. The number of carbonyl (C=O) groups is 1. The van der Waals surface area contributed by atoms with Gasteiger partial charge in [0.2, 0.25) is 5.91 Å². The van der Waals surface area contributed by atoms with Crippen LogP contribution in [0.15, 0.2) is 71.6 Å². The minimum absolute atomic E-state index is 0.0902. The maximum atomic E-state index is 14.2. The molecule has 252 valence electrons. The molecule has 1 saturated heterocycles. The average Bonchev–Trinajstić information content (AvgIpc) is 3.05. The number of benzene rings is 3. The van der Waals surface area contributed by atoms with Crippen molar-refractivity contribution in [2.24, 2.45) is 5.73 Å². The summed E-state index contributed by atoms with van der Waals surface area (Å²) >= 11 is 0. The number of anilines is 1. The van der Waals surface area contributed by atoms with Gasteiger partial charge in [0.05, 0.1) is 34.9 Å². The minimum Gasteiger partial charge on any atom is -0.366 e. The molecule has 3 aromatic carbocycles. The van der Waals surface area contributed by atoms with E-state index in [2.05, 4.69) is 6.07 Å². The third-order valence-corrected chi connectivity index (χ3v) is 10.4. The quantitative estimate of drug-likeness (QED) is 0.200. The van der Waals surface area contributed by atoms with Gasteiger partial charge in [-0.25, -0.2) is 8.42 Å². The van der Waals surface area contributed by atoms with Crippen molar-refractivity contribution < 1.29 is 39.9 Å². The van der Waals surface area contributed by atoms with Crippen molar-refractivity contribution >= 4 is 21.4 Å². The van der Waals surface area contributed by atoms with Crippen LogP contribution in [0.2, 0.25) is 0 Å². The Labute approximate surface area is 271 Å². The molecule has 1 amide bonds. The van der Waals surface area contributed by atoms with E-state index in [1.807, 2.05) is 4.90 Å². The number of nitrogens with two attached hydrogens (primary N) is 1. The molecule has 1 aliphatic heterocycles. The van der Waals surface area contributed by atoms with Crippen LogP contribution in [0.25, 0.3) is 0 Å². The first-order valence-electron chi connectivity index (χ1n) is 15.2. The number of ether oxygens (including phenoxy) is 1. The Morgan fingerprint density at radius 3 is 2.23 bits per heavy atom. The van der Waals surface area contributed by atoms with Gasteiger partial charge in [0.1, 0.15) is 0 Å². The fraction of sp³-hybridized carbons (Fsp3) is 0.412. The summed E-state index contributed by atoms with van der Waals surface area (Å²) in [5, 5.41) is 9.74. The monoisotopic (exact) mass is 677 g/mol. The van der Waals surface area contributed by atoms with Gasteiger partial charge >= 0.3 is 12.3 Å². The van der Waals surface area contributed by atoms with Gasteiger partial charge in [-0.05, 0) is 72.0 Å². The molecule has 0 spiro atoms. The van der Waals surface area contributed by atoms with Gasteiger partial charge in [0.25, 0.3) is 0 Å². The molecule has 4 rings (SSSR count). The van der Waals surface area contributed by atoms with Crippen molar-refractivity contribution in [3.63, 3.8) is 0 Å². The zero-order valence-corrected chi connectivity index (χ0v) is 26.8. The smallest absolute Gasteiger partial charge is 0.366 e. The molecule has 0 aliphatic carbocycles. The Bertz CT molecular complexity index is 1710. The van der Waals surface area contributed by atoms with Gasteiger partial charge in [0, 0.05) is 42.5 Å². The summed E-state index contributed by atoms with van der Waals surface area (Å²) in [6.45, 7) is 2.74. The number of primary amides is 1. The van der Waals surface area contributed by atoms with Crippen LogP contribution in [0.1, 0.15) is 84.0 Å². The highest BCUT2D eigenvalue weighted by molar-refractivity contribution is 7.91. The lowest BCUT2D eigenvalue weighted by molar-refractivity contribution is -0.241. The Kier molecular flexibility index (Phi) is 11.0. The van der Waals surface area contributed by atoms with Crippen LogP contribution in [0.3, 0.4) is 0 Å². The molecule has 0 saturated carbocycles. The lowest BCUT2D eigenvalue weighted by atomic mass is 9.84. The number of nitrogens with zero attached hydrogens (tertiary/aromatic N) is 2. The van der Waals surface area contributed by atoms with Crippen LogP contribution in [0.4, 0.5) is 27.6 Å². The number of halogens is 5. The molecule has 7 nitrogen and oxygen atoms in total. The summed E-state index contributed by atoms with van der Waals surface area (Å²) in [4.78, 5) is 14.5. The van der Waals surface area contributed by atoms with Crippen LogP contribution < -0.4 is 10.6 Å². The van der Waals surface area contributed by atoms with Crippen molar-refractivity contribution in [2.75, 3.05) is 23.8 Å². The Morgan fingerprint density at radius 1 is 1.02 bits per heavy atom. The van der Waals surface area contributed by atoms with Gasteiger partial charge in [-0.15, -0.1) is 0 Å². The summed E-state index contributed by atoms with van der Waals surface area (Å²) in [6, 6.07) is 17.2. The second-order valence-corrected chi connectivity index (χ2v) is 13.8. The number of hydrogen-bond donors (Lipinski definition) is 1. The molecular weight excluding hydrogens is 641 g/mol. The number of carbonyl (C=O) groups excluding carboxylic acids is 1. The molecule has 3 atom stereocenters. The molecule has 3 aromatic rings. The van der Waals surface area contributed by atoms with Crippen LogP contribution in [0.5, 0.6) is 0 Å². The average molecular weight is 678 g/mol. The SMILES string of the molecule is CCC(F)(F)OC[C@@H]1CC[C@H](c2ccc(C(F)(F)F)cc2)CN1c1ccc(C(N)=O)c([C@H](CC#N)c2ccc(S(=O)(=O)CC)cc2)c1. The zero-order valence-electron chi connectivity index (χ0n) is 25.9. The van der Waals surface area contributed by atoms with Crippen LogP contribution in [0, 0.1) is 11.3 Å². The number of amides is 1. The molecule has 0 radical (unpaired) electrons. The van der Waals surface area contributed by atoms with E-state index in [0.29, 0.717) is 35.2 Å². The van der Waals surface area contributed by atoms with Crippen molar-refractivity contribution in [1.29, 1.82) is 5.26 Å². The molecule has 1 heterocycles. The van der Waals surface area contributed by atoms with Crippen molar-refractivity contribution in [2.45, 2.75) is 74.6 Å². The van der Waals surface area contributed by atoms with Crippen LogP contribution in [-0.4, -0.2) is 45.4 Å². The Hall–Kier alpha value is -4.02. The summed E-state index contributed by atoms with van der Waals surface area (Å²) in [7, 11) is -3.49. The van der Waals surface area contributed by atoms with E-state index >= 15 is 0 Å². The van der Waals surface area contributed by atoms with E-state index in [0.717, 1.165) is 12.1 Å². The fourth-order valence-corrected chi connectivity index (χ4v) is 6.75. The second-order valence-electron chi connectivity index (χ2n) is 11.5. The second kappa shape index (κ2) is 14.4. The number of nitriles is 1. The van der Waals surface area contributed by atoms with Crippen molar-refractivity contribution in [3.05, 3.63) is 94.5 Å². The van der Waals surface area contributed by atoms with E-state index in [1.54, 1.807) is 24.3 Å². The number of rotatable bonds is 12. The van der Waals surface area contributed by atoms with Gasteiger partial charge in [-0.2, -0.15) is 27.2 Å². The predicted octanol–water partition coefficient (Wildman–Crippen LogP) is 7.42. The summed E-state index contributed by atoms with van der Waals surface area (Å²) < 4.78 is 97.7. The number of alkyl halides is 5. The van der Waals surface area contributed by atoms with E-state index < -0.39 is 52.0 Å². The third kappa shape index (κ3) is 8.48. The predicted molar refractivity (Wildman–Crippen MR) is 167 cm³/mol. The van der Waals surface area contributed by atoms with Gasteiger partial charge in [0.15, 0.2) is 9.84 Å². The van der Waals surface area contributed by atoms with Gasteiger partial charge < -0.3 is 15.4 Å². The Morgan fingerprint density at radius 2 is 1.68 bits per heavy atom. The fourth-order valence-electron chi connectivity index (χ4n) is 5.87. The maximum absolute atomic E-state index is 14.2. The highest BCUT2D eigenvalue weighted by Crippen LogP contribution is 2.39. The lowest BCUT2D eigenvalue weighted by Crippen LogP contribution is -2.46. The molecule has 0 bridgehead atoms. The van der Waals surface area contributed by atoms with E-state index in [-0.39, 0.29) is 41.7 Å². The van der Waals surface area contributed by atoms with E-state index in [1.165, 1.54) is 44.2 Å². The molecule has 1 aliphatic rings. The standard InChI is InChI=1S/C34H36F5N3O4S/c1-3-33(35,36)46-21-27-12-7-24(22-5-10-25(11-6-22)34(37,38)39)20-42(27)26-13-16-30(32(41)43)31(19-26)29(17-18-40)23-8-14-28(15-9-23)47(44,45)4-2/h5-6,8-11,13-16,19,24,27,29H,3-4,7,12,17,20-21H2,1-2H3,(H2,41,43)/t24-,27-,29+/m0/s1. The topological polar surface area (TPSA) is 113 Å². The molecule has 1 fully saturated rings. The van der Waals surface area contributed by atoms with Crippen molar-refractivity contribution in [1.82, 2.24) is 0 Å². The minimum atomic E-state index is -4.49. The first kappa shape index (κ1) is 35.8. The number of sulfone groups is 1. The van der Waals surface area contributed by atoms with Crippen LogP contribution >= 0.6 is 0 Å². The molecule has 2 N–H and O–H groups in total. The third-order valence-electron chi connectivity index (χ3n) is 8.64. The number of piperidine rings is 1. The maximum Gasteiger partial charge on any atom is 0.416 e.